The highest BCUT2D eigenvalue weighted by atomic mass is 35.5. The first-order valence-corrected chi connectivity index (χ1v) is 7.71. The Balaban J connectivity index is 2.58. The van der Waals surface area contributed by atoms with E-state index < -0.39 is 0 Å². The summed E-state index contributed by atoms with van der Waals surface area (Å²) < 4.78 is 0. The molecule has 0 bridgehead atoms. The Bertz CT molecular complexity index is 405. The van der Waals surface area contributed by atoms with Crippen molar-refractivity contribution in [3.63, 3.8) is 0 Å². The molecule has 2 N–H and O–H groups in total. The van der Waals surface area contributed by atoms with Crippen molar-refractivity contribution in [1.82, 2.24) is 10.2 Å². The van der Waals surface area contributed by atoms with Gasteiger partial charge in [-0.1, -0.05) is 38.3 Å². The smallest absolute Gasteiger partial charge is 0.120 e. The van der Waals surface area contributed by atoms with Gasteiger partial charge in [-0.3, -0.25) is 0 Å². The van der Waals surface area contributed by atoms with Crippen LogP contribution in [0.1, 0.15) is 32.3 Å². The van der Waals surface area contributed by atoms with Crippen LogP contribution < -0.4 is 5.32 Å². The molecule has 0 radical (unpaired) electrons. The number of nitrogens with one attached hydrogen (secondary N) is 1. The number of likely N-dealkylation sites (N-methyl/N-ethyl adjacent to an activating group) is 1. The van der Waals surface area contributed by atoms with Crippen LogP contribution >= 0.6 is 11.6 Å². The Hall–Kier alpha value is -0.770. The highest BCUT2D eigenvalue weighted by molar-refractivity contribution is 6.30. The zero-order chi connectivity index (χ0) is 15.1. The van der Waals surface area contributed by atoms with E-state index in [0.29, 0.717) is 29.3 Å². The Labute approximate surface area is 127 Å². The molecule has 0 heterocycles. The van der Waals surface area contributed by atoms with E-state index in [2.05, 4.69) is 38.2 Å². The average molecular weight is 299 g/mol. The summed E-state index contributed by atoms with van der Waals surface area (Å²) in [5.74, 6) is 0.983. The lowest BCUT2D eigenvalue weighted by molar-refractivity contribution is 0.194. The minimum absolute atomic E-state index is 0.297. The van der Waals surface area contributed by atoms with Gasteiger partial charge < -0.3 is 15.3 Å². The second-order valence-corrected chi connectivity index (χ2v) is 5.95. The van der Waals surface area contributed by atoms with E-state index >= 15 is 0 Å². The summed E-state index contributed by atoms with van der Waals surface area (Å²) in [6.45, 7) is 6.03. The Morgan fingerprint density at radius 1 is 1.25 bits per heavy atom. The van der Waals surface area contributed by atoms with Crippen molar-refractivity contribution in [2.75, 3.05) is 20.6 Å². The summed E-state index contributed by atoms with van der Waals surface area (Å²) in [4.78, 5) is 2.28. The van der Waals surface area contributed by atoms with E-state index in [9.17, 15) is 5.11 Å². The molecular weight excluding hydrogens is 272 g/mol. The third-order valence-electron chi connectivity index (χ3n) is 3.97. The third kappa shape index (κ3) is 4.97. The number of nitrogens with zero attached hydrogens (tertiary/aromatic N) is 1. The topological polar surface area (TPSA) is 35.5 Å². The first-order valence-electron chi connectivity index (χ1n) is 7.34. The summed E-state index contributed by atoms with van der Waals surface area (Å²) in [6, 6.07) is 5.66. The molecule has 0 aromatic heterocycles. The predicted octanol–water partition coefficient (Wildman–Crippen LogP) is 3.50. The molecule has 0 aliphatic heterocycles. The number of phenolic OH excluding ortho intramolecular Hbond substituents is 1. The number of phenols is 1. The van der Waals surface area contributed by atoms with Crippen molar-refractivity contribution >= 4 is 11.6 Å². The summed E-state index contributed by atoms with van der Waals surface area (Å²) in [7, 11) is 4.25. The van der Waals surface area contributed by atoms with Crippen LogP contribution in [0.25, 0.3) is 0 Å². The Kier molecular flexibility index (Phi) is 7.35. The van der Waals surface area contributed by atoms with Crippen LogP contribution in [0, 0.1) is 5.92 Å². The first-order chi connectivity index (χ1) is 9.49. The predicted molar refractivity (Wildman–Crippen MR) is 86.4 cm³/mol. The zero-order valence-corrected chi connectivity index (χ0v) is 13.7. The summed E-state index contributed by atoms with van der Waals surface area (Å²) in [5, 5.41) is 13.9. The van der Waals surface area contributed by atoms with Crippen LogP contribution in [0.2, 0.25) is 5.02 Å². The molecule has 1 rings (SSSR count). The number of aromatic hydroxyl groups is 1. The van der Waals surface area contributed by atoms with Crippen molar-refractivity contribution in [3.8, 4) is 5.75 Å². The van der Waals surface area contributed by atoms with E-state index in [-0.39, 0.29) is 0 Å². The molecule has 1 atom stereocenters. The van der Waals surface area contributed by atoms with Crippen molar-refractivity contribution in [3.05, 3.63) is 28.8 Å². The van der Waals surface area contributed by atoms with Gasteiger partial charge in [0.1, 0.15) is 5.75 Å². The molecule has 4 heteroatoms. The minimum atomic E-state index is 0.297. The first kappa shape index (κ1) is 17.3. The van der Waals surface area contributed by atoms with E-state index in [1.165, 1.54) is 12.8 Å². The van der Waals surface area contributed by atoms with E-state index in [1.54, 1.807) is 12.1 Å². The summed E-state index contributed by atoms with van der Waals surface area (Å²) >= 11 is 5.96. The molecule has 1 unspecified atom stereocenters. The molecule has 1 aromatic carbocycles. The van der Waals surface area contributed by atoms with Gasteiger partial charge >= 0.3 is 0 Å². The van der Waals surface area contributed by atoms with Gasteiger partial charge in [-0.25, -0.2) is 0 Å². The van der Waals surface area contributed by atoms with Gasteiger partial charge in [0.25, 0.3) is 0 Å². The number of hydrogen-bond acceptors (Lipinski definition) is 3. The van der Waals surface area contributed by atoms with Gasteiger partial charge in [-0.05, 0) is 38.2 Å². The fraction of sp³-hybridized carbons (Fsp3) is 0.625. The third-order valence-corrected chi connectivity index (χ3v) is 4.20. The van der Waals surface area contributed by atoms with E-state index in [0.717, 1.165) is 12.1 Å². The average Bonchev–Trinajstić information content (AvgIpc) is 2.41. The van der Waals surface area contributed by atoms with Crippen molar-refractivity contribution in [2.24, 2.45) is 5.92 Å². The van der Waals surface area contributed by atoms with Crippen LogP contribution in [0.3, 0.4) is 0 Å². The van der Waals surface area contributed by atoms with Crippen molar-refractivity contribution in [2.45, 2.75) is 39.3 Å². The maximum Gasteiger partial charge on any atom is 0.120 e. The fourth-order valence-electron chi connectivity index (χ4n) is 2.65. The molecule has 0 aliphatic rings. The number of rotatable bonds is 8. The number of hydrogen-bond donors (Lipinski definition) is 2. The van der Waals surface area contributed by atoms with Gasteiger partial charge in [0.2, 0.25) is 0 Å². The van der Waals surface area contributed by atoms with Crippen LogP contribution in [0.5, 0.6) is 5.75 Å². The number of halogens is 1. The standard InChI is InChI=1S/C16H27ClN2O/c1-5-12(6-2)15(19(3)4)11-18-10-13-9-14(17)7-8-16(13)20/h7-9,12,15,18,20H,5-6,10-11H2,1-4H3. The molecule has 0 fully saturated rings. The largest absolute Gasteiger partial charge is 0.508 e. The fourth-order valence-corrected chi connectivity index (χ4v) is 2.85. The monoisotopic (exact) mass is 298 g/mol. The number of benzene rings is 1. The van der Waals surface area contributed by atoms with Gasteiger partial charge in [0.05, 0.1) is 0 Å². The summed E-state index contributed by atoms with van der Waals surface area (Å²) in [6.07, 6.45) is 2.37. The molecule has 3 nitrogen and oxygen atoms in total. The lowest BCUT2D eigenvalue weighted by Crippen LogP contribution is -2.42. The second-order valence-electron chi connectivity index (χ2n) is 5.51. The molecule has 0 aliphatic carbocycles. The maximum absolute atomic E-state index is 9.80. The minimum Gasteiger partial charge on any atom is -0.508 e. The quantitative estimate of drug-likeness (QED) is 0.771. The Morgan fingerprint density at radius 3 is 2.45 bits per heavy atom. The van der Waals surface area contributed by atoms with Crippen molar-refractivity contribution in [1.29, 1.82) is 0 Å². The van der Waals surface area contributed by atoms with E-state index in [4.69, 9.17) is 11.6 Å². The molecule has 0 saturated carbocycles. The molecular formula is C16H27ClN2O. The second kappa shape index (κ2) is 8.50. The summed E-state index contributed by atoms with van der Waals surface area (Å²) in [5.41, 5.74) is 0.847. The molecule has 114 valence electrons. The maximum atomic E-state index is 9.80. The van der Waals surface area contributed by atoms with Gasteiger partial charge in [0, 0.05) is 29.7 Å². The SMILES string of the molecule is CCC(CC)C(CNCc1cc(Cl)ccc1O)N(C)C. The zero-order valence-electron chi connectivity index (χ0n) is 13.0. The molecule has 0 amide bonds. The lowest BCUT2D eigenvalue weighted by atomic mass is 9.93. The molecule has 0 saturated heterocycles. The van der Waals surface area contributed by atoms with Gasteiger partial charge in [-0.15, -0.1) is 0 Å². The normalized spacial score (nSPS) is 13.2. The van der Waals surface area contributed by atoms with Crippen LogP contribution in [0.4, 0.5) is 0 Å². The molecule has 0 spiro atoms. The van der Waals surface area contributed by atoms with Crippen LogP contribution in [-0.4, -0.2) is 36.7 Å². The van der Waals surface area contributed by atoms with E-state index in [1.807, 2.05) is 6.07 Å². The Morgan fingerprint density at radius 2 is 1.90 bits per heavy atom. The molecule has 20 heavy (non-hydrogen) atoms. The highest BCUT2D eigenvalue weighted by Gasteiger charge is 2.20. The van der Waals surface area contributed by atoms with Crippen LogP contribution in [-0.2, 0) is 6.54 Å². The van der Waals surface area contributed by atoms with Crippen LogP contribution in [0.15, 0.2) is 18.2 Å². The van der Waals surface area contributed by atoms with Gasteiger partial charge in [0.15, 0.2) is 0 Å². The lowest BCUT2D eigenvalue weighted by Gasteiger charge is -2.31. The van der Waals surface area contributed by atoms with Crippen molar-refractivity contribution < 1.29 is 5.11 Å². The molecule has 1 aromatic rings. The van der Waals surface area contributed by atoms with Gasteiger partial charge in [-0.2, -0.15) is 0 Å². The highest BCUT2D eigenvalue weighted by Crippen LogP contribution is 2.21.